The highest BCUT2D eigenvalue weighted by Gasteiger charge is 2.20. The molecule has 0 saturated heterocycles. The molecule has 0 aliphatic heterocycles. The first kappa shape index (κ1) is 18.0. The largest absolute Gasteiger partial charge is 0.497 e. The predicted octanol–water partition coefficient (Wildman–Crippen LogP) is 3.94. The van der Waals surface area contributed by atoms with Crippen LogP contribution in [0.2, 0.25) is 0 Å². The van der Waals surface area contributed by atoms with Crippen molar-refractivity contribution in [3.63, 3.8) is 0 Å². The number of carbonyl (C=O) groups excluding carboxylic acids is 1. The van der Waals surface area contributed by atoms with Gasteiger partial charge in [0.05, 0.1) is 12.7 Å². The van der Waals surface area contributed by atoms with Crippen LogP contribution in [0.25, 0.3) is 0 Å². The molecule has 0 aromatic heterocycles. The fourth-order valence-electron chi connectivity index (χ4n) is 2.52. The molecule has 0 N–H and O–H groups in total. The van der Waals surface area contributed by atoms with E-state index < -0.39 is 0 Å². The van der Waals surface area contributed by atoms with E-state index in [2.05, 4.69) is 18.7 Å². The minimum atomic E-state index is -0.321. The summed E-state index contributed by atoms with van der Waals surface area (Å²) in [5.41, 5.74) is 1.53. The van der Waals surface area contributed by atoms with Gasteiger partial charge in [-0.25, -0.2) is 4.79 Å². The quantitative estimate of drug-likeness (QED) is 0.689. The molecule has 0 fully saturated rings. The zero-order valence-corrected chi connectivity index (χ0v) is 14.6. The Kier molecular flexibility index (Phi) is 6.82. The number of methoxy groups -OCH3 is 1. The normalized spacial score (nSPS) is 12.0. The van der Waals surface area contributed by atoms with Gasteiger partial charge in [-0.3, -0.25) is 4.90 Å². The SMILES string of the molecule is CCN(CC)CC(OC(=O)c1ccc(OC)cc1)c1ccccc1. The highest BCUT2D eigenvalue weighted by Crippen LogP contribution is 2.21. The lowest BCUT2D eigenvalue weighted by molar-refractivity contribution is 0.0204. The standard InChI is InChI=1S/C20H25NO3/c1-4-21(5-2)15-19(16-9-7-6-8-10-16)24-20(22)17-11-13-18(23-3)14-12-17/h6-14,19H,4-5,15H2,1-3H3. The summed E-state index contributed by atoms with van der Waals surface area (Å²) in [5, 5.41) is 0. The van der Waals surface area contributed by atoms with Crippen LogP contribution in [-0.2, 0) is 4.74 Å². The molecule has 0 radical (unpaired) electrons. The molecule has 0 aliphatic carbocycles. The number of esters is 1. The maximum Gasteiger partial charge on any atom is 0.338 e. The molecule has 4 heteroatoms. The fourth-order valence-corrected chi connectivity index (χ4v) is 2.52. The number of likely N-dealkylation sites (N-methyl/N-ethyl adjacent to an activating group) is 1. The summed E-state index contributed by atoms with van der Waals surface area (Å²) in [6.07, 6.45) is -0.291. The number of hydrogen-bond acceptors (Lipinski definition) is 4. The zero-order valence-electron chi connectivity index (χ0n) is 14.6. The molecule has 4 nitrogen and oxygen atoms in total. The Morgan fingerprint density at radius 2 is 1.62 bits per heavy atom. The van der Waals surface area contributed by atoms with Crippen molar-refractivity contribution < 1.29 is 14.3 Å². The van der Waals surface area contributed by atoms with Gasteiger partial charge in [0.25, 0.3) is 0 Å². The Bertz CT molecular complexity index is 621. The molecule has 1 unspecified atom stereocenters. The van der Waals surface area contributed by atoms with E-state index in [9.17, 15) is 4.79 Å². The first-order valence-electron chi connectivity index (χ1n) is 8.30. The lowest BCUT2D eigenvalue weighted by Crippen LogP contribution is -2.30. The van der Waals surface area contributed by atoms with Gasteiger partial charge in [-0.1, -0.05) is 44.2 Å². The van der Waals surface area contributed by atoms with Crippen LogP contribution in [-0.4, -0.2) is 37.6 Å². The van der Waals surface area contributed by atoms with Crippen LogP contribution < -0.4 is 4.74 Å². The summed E-state index contributed by atoms with van der Waals surface area (Å²) in [6.45, 7) is 6.73. The second kappa shape index (κ2) is 9.08. The summed E-state index contributed by atoms with van der Waals surface area (Å²) in [5.74, 6) is 0.396. The highest BCUT2D eigenvalue weighted by molar-refractivity contribution is 5.89. The Balaban J connectivity index is 2.15. The third-order valence-electron chi connectivity index (χ3n) is 4.06. The van der Waals surface area contributed by atoms with Gasteiger partial charge in [-0.2, -0.15) is 0 Å². The number of carbonyl (C=O) groups is 1. The summed E-state index contributed by atoms with van der Waals surface area (Å²) < 4.78 is 10.9. The molecular weight excluding hydrogens is 302 g/mol. The van der Waals surface area contributed by atoms with Gasteiger partial charge in [0.1, 0.15) is 11.9 Å². The molecule has 128 valence electrons. The van der Waals surface area contributed by atoms with Crippen LogP contribution in [0, 0.1) is 0 Å². The van der Waals surface area contributed by atoms with Gasteiger partial charge in [-0.05, 0) is 42.9 Å². The molecular formula is C20H25NO3. The van der Waals surface area contributed by atoms with Crippen molar-refractivity contribution in [1.29, 1.82) is 0 Å². The van der Waals surface area contributed by atoms with E-state index >= 15 is 0 Å². The predicted molar refractivity (Wildman–Crippen MR) is 95.4 cm³/mol. The summed E-state index contributed by atoms with van der Waals surface area (Å²) in [7, 11) is 1.60. The van der Waals surface area contributed by atoms with Gasteiger partial charge >= 0.3 is 5.97 Å². The Morgan fingerprint density at radius 3 is 2.17 bits per heavy atom. The number of nitrogens with zero attached hydrogens (tertiary/aromatic N) is 1. The Morgan fingerprint density at radius 1 is 1.00 bits per heavy atom. The van der Waals surface area contributed by atoms with E-state index in [0.717, 1.165) is 18.7 Å². The van der Waals surface area contributed by atoms with Crippen molar-refractivity contribution in [3.8, 4) is 5.75 Å². The van der Waals surface area contributed by atoms with Crippen LogP contribution in [0.5, 0.6) is 5.75 Å². The third-order valence-corrected chi connectivity index (χ3v) is 4.06. The minimum Gasteiger partial charge on any atom is -0.497 e. The molecule has 2 aromatic carbocycles. The first-order valence-corrected chi connectivity index (χ1v) is 8.30. The molecule has 1 atom stereocenters. The topological polar surface area (TPSA) is 38.8 Å². The van der Waals surface area contributed by atoms with Gasteiger partial charge in [0.15, 0.2) is 0 Å². The van der Waals surface area contributed by atoms with Crippen LogP contribution in [0.15, 0.2) is 54.6 Å². The van der Waals surface area contributed by atoms with Crippen LogP contribution in [0.1, 0.15) is 35.9 Å². The number of rotatable bonds is 8. The second-order valence-electron chi connectivity index (χ2n) is 5.52. The minimum absolute atomic E-state index is 0.291. The van der Waals surface area contributed by atoms with E-state index in [0.29, 0.717) is 17.9 Å². The molecule has 0 spiro atoms. The molecule has 0 amide bonds. The van der Waals surface area contributed by atoms with E-state index in [1.807, 2.05) is 30.3 Å². The Hall–Kier alpha value is -2.33. The highest BCUT2D eigenvalue weighted by atomic mass is 16.5. The maximum atomic E-state index is 12.5. The van der Waals surface area contributed by atoms with Crippen molar-refractivity contribution in [1.82, 2.24) is 4.90 Å². The number of hydrogen-bond donors (Lipinski definition) is 0. The van der Waals surface area contributed by atoms with Gasteiger partial charge in [0.2, 0.25) is 0 Å². The van der Waals surface area contributed by atoms with Gasteiger partial charge in [0, 0.05) is 6.54 Å². The first-order chi connectivity index (χ1) is 11.7. The fraction of sp³-hybridized carbons (Fsp3) is 0.350. The van der Waals surface area contributed by atoms with E-state index in [1.54, 1.807) is 31.4 Å². The molecule has 0 heterocycles. The van der Waals surface area contributed by atoms with Gasteiger partial charge < -0.3 is 9.47 Å². The monoisotopic (exact) mass is 327 g/mol. The summed E-state index contributed by atoms with van der Waals surface area (Å²) in [4.78, 5) is 14.8. The second-order valence-corrected chi connectivity index (χ2v) is 5.52. The van der Waals surface area contributed by atoms with Crippen molar-refractivity contribution >= 4 is 5.97 Å². The summed E-state index contributed by atoms with van der Waals surface area (Å²) in [6, 6.07) is 16.9. The van der Waals surface area contributed by atoms with E-state index in [4.69, 9.17) is 9.47 Å². The van der Waals surface area contributed by atoms with Crippen molar-refractivity contribution in [2.24, 2.45) is 0 Å². The van der Waals surface area contributed by atoms with E-state index in [-0.39, 0.29) is 12.1 Å². The molecule has 2 rings (SSSR count). The smallest absolute Gasteiger partial charge is 0.338 e. The summed E-state index contributed by atoms with van der Waals surface area (Å²) >= 11 is 0. The van der Waals surface area contributed by atoms with Crippen LogP contribution in [0.4, 0.5) is 0 Å². The molecule has 2 aromatic rings. The average Bonchev–Trinajstić information content (AvgIpc) is 2.65. The Labute approximate surface area is 144 Å². The molecule has 0 aliphatic rings. The molecule has 24 heavy (non-hydrogen) atoms. The van der Waals surface area contributed by atoms with Crippen molar-refractivity contribution in [3.05, 3.63) is 65.7 Å². The lowest BCUT2D eigenvalue weighted by atomic mass is 10.1. The molecule has 0 saturated carbocycles. The van der Waals surface area contributed by atoms with E-state index in [1.165, 1.54) is 0 Å². The van der Waals surface area contributed by atoms with Crippen molar-refractivity contribution in [2.75, 3.05) is 26.7 Å². The molecule has 0 bridgehead atoms. The van der Waals surface area contributed by atoms with Crippen LogP contribution >= 0.6 is 0 Å². The maximum absolute atomic E-state index is 12.5. The third kappa shape index (κ3) is 4.83. The number of ether oxygens (including phenoxy) is 2. The van der Waals surface area contributed by atoms with Crippen LogP contribution in [0.3, 0.4) is 0 Å². The average molecular weight is 327 g/mol. The lowest BCUT2D eigenvalue weighted by Gasteiger charge is -2.25. The van der Waals surface area contributed by atoms with Gasteiger partial charge in [-0.15, -0.1) is 0 Å². The number of benzene rings is 2. The zero-order chi connectivity index (χ0) is 17.4. The van der Waals surface area contributed by atoms with Crippen molar-refractivity contribution in [2.45, 2.75) is 20.0 Å².